The highest BCUT2D eigenvalue weighted by Crippen LogP contribution is 2.14. The second-order valence-corrected chi connectivity index (χ2v) is 4.91. The van der Waals surface area contributed by atoms with Crippen LogP contribution in [0.2, 0.25) is 0 Å². The van der Waals surface area contributed by atoms with Gasteiger partial charge in [-0.1, -0.05) is 33.1 Å². The van der Waals surface area contributed by atoms with Crippen LogP contribution in [0.15, 0.2) is 0 Å². The normalized spacial score (nSPS) is 22.2. The smallest absolute Gasteiger partial charge is 0.157 e. The zero-order chi connectivity index (χ0) is 10.9. The molecule has 90 valence electrons. The van der Waals surface area contributed by atoms with Crippen molar-refractivity contribution in [2.75, 3.05) is 13.2 Å². The van der Waals surface area contributed by atoms with E-state index < -0.39 is 0 Å². The maximum absolute atomic E-state index is 5.67. The van der Waals surface area contributed by atoms with Crippen LogP contribution in [0, 0.1) is 5.92 Å². The molecular formula is C13H26O2. The molecule has 0 aliphatic carbocycles. The van der Waals surface area contributed by atoms with E-state index in [9.17, 15) is 0 Å². The molecule has 0 radical (unpaired) electrons. The van der Waals surface area contributed by atoms with Crippen molar-refractivity contribution in [1.82, 2.24) is 0 Å². The quantitative estimate of drug-likeness (QED) is 0.601. The van der Waals surface area contributed by atoms with Crippen LogP contribution in [0.4, 0.5) is 0 Å². The van der Waals surface area contributed by atoms with Crippen molar-refractivity contribution in [3.63, 3.8) is 0 Å². The third-order valence-corrected chi connectivity index (χ3v) is 2.87. The van der Waals surface area contributed by atoms with Gasteiger partial charge in [0, 0.05) is 13.2 Å². The first-order valence-electron chi connectivity index (χ1n) is 6.52. The molecule has 0 saturated carbocycles. The minimum Gasteiger partial charge on any atom is -0.353 e. The Morgan fingerprint density at radius 2 is 2.07 bits per heavy atom. The molecule has 1 aliphatic heterocycles. The predicted molar refractivity (Wildman–Crippen MR) is 62.8 cm³/mol. The highest BCUT2D eigenvalue weighted by Gasteiger charge is 2.13. The van der Waals surface area contributed by atoms with Gasteiger partial charge in [-0.3, -0.25) is 0 Å². The van der Waals surface area contributed by atoms with E-state index in [1.54, 1.807) is 0 Å². The minimum absolute atomic E-state index is 0.101. The Morgan fingerprint density at radius 3 is 2.73 bits per heavy atom. The molecule has 1 saturated heterocycles. The van der Waals surface area contributed by atoms with Gasteiger partial charge in [-0.15, -0.1) is 0 Å². The molecule has 0 spiro atoms. The molecule has 0 aromatic heterocycles. The van der Waals surface area contributed by atoms with Crippen LogP contribution in [-0.4, -0.2) is 19.5 Å². The summed E-state index contributed by atoms with van der Waals surface area (Å²) in [6.07, 6.45) is 8.83. The van der Waals surface area contributed by atoms with Crippen LogP contribution in [0.1, 0.15) is 58.8 Å². The maximum Gasteiger partial charge on any atom is 0.157 e. The van der Waals surface area contributed by atoms with Crippen LogP contribution in [-0.2, 0) is 9.47 Å². The summed E-state index contributed by atoms with van der Waals surface area (Å²) in [7, 11) is 0. The zero-order valence-corrected chi connectivity index (χ0v) is 10.3. The summed E-state index contributed by atoms with van der Waals surface area (Å²) >= 11 is 0. The summed E-state index contributed by atoms with van der Waals surface area (Å²) in [5, 5.41) is 0. The molecule has 0 aromatic rings. The Balaban J connectivity index is 1.83. The lowest BCUT2D eigenvalue weighted by atomic mass is 10.1. The van der Waals surface area contributed by atoms with E-state index in [1.165, 1.54) is 38.5 Å². The van der Waals surface area contributed by atoms with Gasteiger partial charge in [0.2, 0.25) is 0 Å². The summed E-state index contributed by atoms with van der Waals surface area (Å²) in [5.74, 6) is 0.840. The lowest BCUT2D eigenvalue weighted by Crippen LogP contribution is -2.22. The molecule has 1 rings (SSSR count). The van der Waals surface area contributed by atoms with Crippen molar-refractivity contribution in [1.29, 1.82) is 0 Å². The minimum atomic E-state index is 0.101. The molecule has 2 nitrogen and oxygen atoms in total. The number of unbranched alkanes of at least 4 members (excludes halogenated alkanes) is 2. The standard InChI is InChI=1S/C13H26O2/c1-12(2)8-4-3-6-10-14-13-9-5-7-11-15-13/h12-13H,3-11H2,1-2H3. The molecular weight excluding hydrogens is 188 g/mol. The maximum atomic E-state index is 5.67. The van der Waals surface area contributed by atoms with E-state index in [0.717, 1.165) is 25.6 Å². The molecule has 0 N–H and O–H groups in total. The van der Waals surface area contributed by atoms with Gasteiger partial charge in [0.05, 0.1) is 0 Å². The average molecular weight is 214 g/mol. The van der Waals surface area contributed by atoms with E-state index in [-0.39, 0.29) is 6.29 Å². The highest BCUT2D eigenvalue weighted by atomic mass is 16.7. The first-order chi connectivity index (χ1) is 7.29. The van der Waals surface area contributed by atoms with Crippen molar-refractivity contribution in [2.45, 2.75) is 65.1 Å². The van der Waals surface area contributed by atoms with Gasteiger partial charge in [0.15, 0.2) is 6.29 Å². The Morgan fingerprint density at radius 1 is 1.20 bits per heavy atom. The summed E-state index contributed by atoms with van der Waals surface area (Å²) < 4.78 is 11.2. The van der Waals surface area contributed by atoms with Crippen LogP contribution in [0.3, 0.4) is 0 Å². The monoisotopic (exact) mass is 214 g/mol. The number of rotatable bonds is 7. The molecule has 1 heterocycles. The summed E-state index contributed by atoms with van der Waals surface area (Å²) in [5.41, 5.74) is 0. The molecule has 1 aliphatic rings. The Bertz CT molecular complexity index is 139. The lowest BCUT2D eigenvalue weighted by Gasteiger charge is -2.22. The Kier molecular flexibility index (Phi) is 7.03. The van der Waals surface area contributed by atoms with Crippen molar-refractivity contribution < 1.29 is 9.47 Å². The van der Waals surface area contributed by atoms with E-state index in [2.05, 4.69) is 13.8 Å². The molecule has 0 aromatic carbocycles. The van der Waals surface area contributed by atoms with Gasteiger partial charge >= 0.3 is 0 Å². The molecule has 1 unspecified atom stereocenters. The van der Waals surface area contributed by atoms with Crippen LogP contribution < -0.4 is 0 Å². The number of ether oxygens (including phenoxy) is 2. The first-order valence-corrected chi connectivity index (χ1v) is 6.52. The van der Waals surface area contributed by atoms with Gasteiger partial charge in [-0.2, -0.15) is 0 Å². The molecule has 15 heavy (non-hydrogen) atoms. The fourth-order valence-electron chi connectivity index (χ4n) is 1.89. The van der Waals surface area contributed by atoms with Crippen molar-refractivity contribution >= 4 is 0 Å². The fourth-order valence-corrected chi connectivity index (χ4v) is 1.89. The Labute approximate surface area is 94.3 Å². The van der Waals surface area contributed by atoms with Gasteiger partial charge < -0.3 is 9.47 Å². The second-order valence-electron chi connectivity index (χ2n) is 4.91. The average Bonchev–Trinajstić information content (AvgIpc) is 2.24. The summed E-state index contributed by atoms with van der Waals surface area (Å²) in [4.78, 5) is 0. The van der Waals surface area contributed by atoms with Crippen LogP contribution in [0.5, 0.6) is 0 Å². The van der Waals surface area contributed by atoms with Gasteiger partial charge in [-0.25, -0.2) is 0 Å². The molecule has 0 bridgehead atoms. The third kappa shape index (κ3) is 6.91. The van der Waals surface area contributed by atoms with Gasteiger partial charge in [-0.05, 0) is 31.6 Å². The van der Waals surface area contributed by atoms with Crippen molar-refractivity contribution in [2.24, 2.45) is 5.92 Å². The highest BCUT2D eigenvalue weighted by molar-refractivity contribution is 4.54. The van der Waals surface area contributed by atoms with E-state index in [4.69, 9.17) is 9.47 Å². The predicted octanol–water partition coefficient (Wildman–Crippen LogP) is 3.75. The van der Waals surface area contributed by atoms with Gasteiger partial charge in [0.1, 0.15) is 0 Å². The number of hydrogen-bond acceptors (Lipinski definition) is 2. The first kappa shape index (κ1) is 13.0. The van der Waals surface area contributed by atoms with Crippen molar-refractivity contribution in [3.8, 4) is 0 Å². The van der Waals surface area contributed by atoms with Crippen LogP contribution in [0.25, 0.3) is 0 Å². The summed E-state index contributed by atoms with van der Waals surface area (Å²) in [6.45, 7) is 6.33. The summed E-state index contributed by atoms with van der Waals surface area (Å²) in [6, 6.07) is 0. The van der Waals surface area contributed by atoms with Crippen molar-refractivity contribution in [3.05, 3.63) is 0 Å². The van der Waals surface area contributed by atoms with E-state index in [1.807, 2.05) is 0 Å². The SMILES string of the molecule is CC(C)CCCCCOC1CCCCO1. The molecule has 2 heteroatoms. The largest absolute Gasteiger partial charge is 0.353 e. The third-order valence-electron chi connectivity index (χ3n) is 2.87. The van der Waals surface area contributed by atoms with Crippen LogP contribution >= 0.6 is 0 Å². The molecule has 1 fully saturated rings. The molecule has 1 atom stereocenters. The van der Waals surface area contributed by atoms with Gasteiger partial charge in [0.25, 0.3) is 0 Å². The van der Waals surface area contributed by atoms with E-state index >= 15 is 0 Å². The lowest BCUT2D eigenvalue weighted by molar-refractivity contribution is -0.162. The Hall–Kier alpha value is -0.0800. The second kappa shape index (κ2) is 8.12. The molecule has 0 amide bonds. The fraction of sp³-hybridized carbons (Fsp3) is 1.00. The topological polar surface area (TPSA) is 18.5 Å². The zero-order valence-electron chi connectivity index (χ0n) is 10.3. The van der Waals surface area contributed by atoms with E-state index in [0.29, 0.717) is 0 Å². The number of hydrogen-bond donors (Lipinski definition) is 0.